The quantitative estimate of drug-likeness (QED) is 0.731. The van der Waals surface area contributed by atoms with Gasteiger partial charge in [-0.3, -0.25) is 5.32 Å². The first-order chi connectivity index (χ1) is 12.4. The predicted octanol–water partition coefficient (Wildman–Crippen LogP) is 5.04. The van der Waals surface area contributed by atoms with Crippen LogP contribution >= 0.6 is 11.6 Å². The molecule has 1 unspecified atom stereocenters. The Kier molecular flexibility index (Phi) is 7.21. The van der Waals surface area contributed by atoms with E-state index in [0.29, 0.717) is 35.0 Å². The number of amides is 1. The van der Waals surface area contributed by atoms with E-state index < -0.39 is 6.09 Å². The molecule has 0 radical (unpaired) electrons. The van der Waals surface area contributed by atoms with Gasteiger partial charge in [0, 0.05) is 5.56 Å². The molecule has 1 amide bonds. The number of hydrogen-bond donors (Lipinski definition) is 1. The Morgan fingerprint density at radius 2 is 2.00 bits per heavy atom. The van der Waals surface area contributed by atoms with E-state index >= 15 is 0 Å². The van der Waals surface area contributed by atoms with Crippen molar-refractivity contribution in [1.82, 2.24) is 10.2 Å². The molecule has 140 valence electrons. The van der Waals surface area contributed by atoms with Gasteiger partial charge in [0.15, 0.2) is 5.82 Å². The van der Waals surface area contributed by atoms with Crippen molar-refractivity contribution in [1.29, 1.82) is 0 Å². The molecule has 1 aromatic heterocycles. The Hall–Kier alpha value is -2.34. The van der Waals surface area contributed by atoms with Gasteiger partial charge in [0.05, 0.1) is 24.9 Å². The first kappa shape index (κ1) is 20.0. The molecule has 0 fully saturated rings. The summed E-state index contributed by atoms with van der Waals surface area (Å²) >= 11 is 6.36. The van der Waals surface area contributed by atoms with Crippen molar-refractivity contribution in [2.24, 2.45) is 11.8 Å². The van der Waals surface area contributed by atoms with Gasteiger partial charge in [-0.2, -0.15) is 5.10 Å². The number of benzene rings is 1. The average Bonchev–Trinajstić information content (AvgIpc) is 2.60. The van der Waals surface area contributed by atoms with E-state index in [1.54, 1.807) is 12.3 Å². The number of halogens is 1. The summed E-state index contributed by atoms with van der Waals surface area (Å²) in [5.41, 5.74) is 1.62. The van der Waals surface area contributed by atoms with Gasteiger partial charge >= 0.3 is 6.09 Å². The van der Waals surface area contributed by atoms with Crippen LogP contribution in [-0.2, 0) is 4.74 Å². The lowest BCUT2D eigenvalue weighted by molar-refractivity contribution is 0.187. The molecule has 2 rings (SSSR count). The monoisotopic (exact) mass is 377 g/mol. The molecule has 0 spiro atoms. The third-order valence-corrected chi connectivity index (χ3v) is 4.03. The molecule has 6 nitrogen and oxygen atoms in total. The van der Waals surface area contributed by atoms with E-state index in [4.69, 9.17) is 16.3 Å². The van der Waals surface area contributed by atoms with E-state index in [2.05, 4.69) is 41.0 Å². The van der Waals surface area contributed by atoms with Crippen LogP contribution in [0.3, 0.4) is 0 Å². The number of rotatable bonds is 7. The molecular weight excluding hydrogens is 354 g/mol. The standard InChI is InChI=1S/C19H24ClN3O3/c1-12(2)7-13(3)11-26-17-6-5-14(8-16(17)20)15-9-18(23-21-10-15)22-19(24)25-4/h5-6,8-10,12-13H,7,11H2,1-4H3,(H,22,23,24). The van der Waals surface area contributed by atoms with E-state index in [-0.39, 0.29) is 0 Å². The Balaban J connectivity index is 2.09. The molecule has 1 atom stereocenters. The molecular formula is C19H24ClN3O3. The average molecular weight is 378 g/mol. The van der Waals surface area contributed by atoms with Crippen molar-refractivity contribution in [3.63, 3.8) is 0 Å². The van der Waals surface area contributed by atoms with Crippen LogP contribution in [0.5, 0.6) is 5.75 Å². The predicted molar refractivity (Wildman–Crippen MR) is 103 cm³/mol. The second kappa shape index (κ2) is 9.38. The summed E-state index contributed by atoms with van der Waals surface area (Å²) in [4.78, 5) is 11.3. The van der Waals surface area contributed by atoms with Gasteiger partial charge in [-0.15, -0.1) is 5.10 Å². The van der Waals surface area contributed by atoms with Crippen LogP contribution in [0.4, 0.5) is 10.6 Å². The van der Waals surface area contributed by atoms with E-state index in [1.165, 1.54) is 7.11 Å². The third kappa shape index (κ3) is 5.88. The van der Waals surface area contributed by atoms with Gasteiger partial charge in [0.1, 0.15) is 5.75 Å². The summed E-state index contributed by atoms with van der Waals surface area (Å²) in [6.07, 6.45) is 2.10. The molecule has 1 heterocycles. The van der Waals surface area contributed by atoms with Crippen molar-refractivity contribution in [3.05, 3.63) is 35.5 Å². The van der Waals surface area contributed by atoms with Gasteiger partial charge in [-0.1, -0.05) is 38.4 Å². The zero-order valence-electron chi connectivity index (χ0n) is 15.5. The van der Waals surface area contributed by atoms with Gasteiger partial charge in [0.25, 0.3) is 0 Å². The largest absolute Gasteiger partial charge is 0.492 e. The minimum absolute atomic E-state index is 0.299. The number of methoxy groups -OCH3 is 1. The summed E-state index contributed by atoms with van der Waals surface area (Å²) < 4.78 is 10.4. The van der Waals surface area contributed by atoms with Crippen molar-refractivity contribution in [2.75, 3.05) is 19.0 Å². The highest BCUT2D eigenvalue weighted by Crippen LogP contribution is 2.31. The summed E-state index contributed by atoms with van der Waals surface area (Å²) in [5.74, 6) is 2.05. The van der Waals surface area contributed by atoms with Gasteiger partial charge in [-0.25, -0.2) is 4.79 Å². The minimum atomic E-state index is -0.603. The number of carbonyl (C=O) groups excluding carboxylic acids is 1. The molecule has 0 aliphatic heterocycles. The van der Waals surface area contributed by atoms with Crippen LogP contribution in [-0.4, -0.2) is 30.0 Å². The first-order valence-corrected chi connectivity index (χ1v) is 8.87. The van der Waals surface area contributed by atoms with Crippen LogP contribution < -0.4 is 10.1 Å². The summed E-state index contributed by atoms with van der Waals surface area (Å²) in [6.45, 7) is 7.19. The van der Waals surface area contributed by atoms with Crippen LogP contribution in [0, 0.1) is 11.8 Å². The molecule has 1 N–H and O–H groups in total. The molecule has 0 bridgehead atoms. The summed E-state index contributed by atoms with van der Waals surface area (Å²) in [5, 5.41) is 10.7. The summed E-state index contributed by atoms with van der Waals surface area (Å²) in [6, 6.07) is 7.24. The lowest BCUT2D eigenvalue weighted by Gasteiger charge is -2.16. The summed E-state index contributed by atoms with van der Waals surface area (Å²) in [7, 11) is 1.28. The highest BCUT2D eigenvalue weighted by molar-refractivity contribution is 6.32. The van der Waals surface area contributed by atoms with Crippen molar-refractivity contribution in [3.8, 4) is 16.9 Å². The Bertz CT molecular complexity index is 753. The van der Waals surface area contributed by atoms with Gasteiger partial charge in [0.2, 0.25) is 0 Å². The lowest BCUT2D eigenvalue weighted by Crippen LogP contribution is -2.12. The number of hydrogen-bond acceptors (Lipinski definition) is 5. The number of nitrogens with one attached hydrogen (secondary N) is 1. The number of ether oxygens (including phenoxy) is 2. The molecule has 7 heteroatoms. The fraction of sp³-hybridized carbons (Fsp3) is 0.421. The molecule has 0 aliphatic carbocycles. The Morgan fingerprint density at radius 3 is 2.65 bits per heavy atom. The first-order valence-electron chi connectivity index (χ1n) is 8.49. The van der Waals surface area contributed by atoms with E-state index in [9.17, 15) is 4.79 Å². The fourth-order valence-corrected chi connectivity index (χ4v) is 2.88. The van der Waals surface area contributed by atoms with Gasteiger partial charge in [-0.05, 0) is 42.0 Å². The maximum atomic E-state index is 11.3. The van der Waals surface area contributed by atoms with Crippen molar-refractivity contribution >= 4 is 23.5 Å². The molecule has 2 aromatic rings. The lowest BCUT2D eigenvalue weighted by atomic mass is 10.00. The number of anilines is 1. The van der Waals surface area contributed by atoms with Crippen molar-refractivity contribution < 1.29 is 14.3 Å². The smallest absolute Gasteiger partial charge is 0.412 e. The van der Waals surface area contributed by atoms with Crippen molar-refractivity contribution in [2.45, 2.75) is 27.2 Å². The number of carbonyl (C=O) groups is 1. The molecule has 0 aliphatic rings. The molecule has 0 saturated carbocycles. The second-order valence-electron chi connectivity index (χ2n) is 6.64. The van der Waals surface area contributed by atoms with Gasteiger partial charge < -0.3 is 9.47 Å². The van der Waals surface area contributed by atoms with E-state index in [0.717, 1.165) is 17.5 Å². The molecule has 0 saturated heterocycles. The second-order valence-corrected chi connectivity index (χ2v) is 7.04. The zero-order valence-corrected chi connectivity index (χ0v) is 16.2. The number of nitrogens with zero attached hydrogens (tertiary/aromatic N) is 2. The third-order valence-electron chi connectivity index (χ3n) is 3.73. The Labute approximate surface area is 158 Å². The molecule has 26 heavy (non-hydrogen) atoms. The van der Waals surface area contributed by atoms with Crippen LogP contribution in [0.25, 0.3) is 11.1 Å². The SMILES string of the molecule is COC(=O)Nc1cc(-c2ccc(OCC(C)CC(C)C)c(Cl)c2)cnn1. The molecule has 1 aromatic carbocycles. The highest BCUT2D eigenvalue weighted by atomic mass is 35.5. The maximum absolute atomic E-state index is 11.3. The number of aromatic nitrogens is 2. The topological polar surface area (TPSA) is 73.3 Å². The minimum Gasteiger partial charge on any atom is -0.492 e. The van der Waals surface area contributed by atoms with Crippen LogP contribution in [0.15, 0.2) is 30.5 Å². The zero-order chi connectivity index (χ0) is 19.1. The highest BCUT2D eigenvalue weighted by Gasteiger charge is 2.10. The Morgan fingerprint density at radius 1 is 1.23 bits per heavy atom. The van der Waals surface area contributed by atoms with E-state index in [1.807, 2.05) is 18.2 Å². The normalized spacial score (nSPS) is 11.9. The fourth-order valence-electron chi connectivity index (χ4n) is 2.64. The van der Waals surface area contributed by atoms with Crippen LogP contribution in [0.1, 0.15) is 27.2 Å². The maximum Gasteiger partial charge on any atom is 0.412 e. The van der Waals surface area contributed by atoms with Crippen LogP contribution in [0.2, 0.25) is 5.02 Å².